The molecule has 0 radical (unpaired) electrons. The molecule has 94 valence electrons. The van der Waals surface area contributed by atoms with E-state index < -0.39 is 11.7 Å². The Kier molecular flexibility index (Phi) is 4.51. The van der Waals surface area contributed by atoms with Crippen molar-refractivity contribution in [1.29, 1.82) is 0 Å². The van der Waals surface area contributed by atoms with Crippen LogP contribution in [0.3, 0.4) is 0 Å². The number of carbonyl (C=O) groups excluding carboxylic acids is 1. The summed E-state index contributed by atoms with van der Waals surface area (Å²) < 4.78 is 47.4. The van der Waals surface area contributed by atoms with Gasteiger partial charge in [0, 0.05) is 12.7 Å². The molecule has 1 aromatic carbocycles. The third-order valence-corrected chi connectivity index (χ3v) is 1.99. The summed E-state index contributed by atoms with van der Waals surface area (Å²) in [6.45, 7) is 0.157. The molecule has 0 N–H and O–H groups in total. The van der Waals surface area contributed by atoms with E-state index in [2.05, 4.69) is 4.74 Å². The molecule has 0 aliphatic heterocycles. The molecule has 0 aliphatic rings. The molecule has 6 heteroatoms. The van der Waals surface area contributed by atoms with Gasteiger partial charge in [0.25, 0.3) is 0 Å². The number of halogens is 3. The molecule has 0 heterocycles. The van der Waals surface area contributed by atoms with Gasteiger partial charge in [0.1, 0.15) is 18.6 Å². The highest BCUT2D eigenvalue weighted by Crippen LogP contribution is 2.36. The predicted octanol–water partition coefficient (Wildman–Crippen LogP) is 2.54. The minimum absolute atomic E-state index is 0.0120. The van der Waals surface area contributed by atoms with E-state index in [1.807, 2.05) is 0 Å². The van der Waals surface area contributed by atoms with Crippen molar-refractivity contribution >= 4 is 6.29 Å². The quantitative estimate of drug-likeness (QED) is 0.593. The molecule has 0 spiro atoms. The summed E-state index contributed by atoms with van der Waals surface area (Å²) in [5, 5.41) is 0. The Balaban J connectivity index is 2.99. The summed E-state index contributed by atoms with van der Waals surface area (Å²) in [7, 11) is 1.41. The Morgan fingerprint density at radius 2 is 2.00 bits per heavy atom. The van der Waals surface area contributed by atoms with Crippen LogP contribution in [0.5, 0.6) is 5.75 Å². The molecular weight excluding hydrogens is 237 g/mol. The van der Waals surface area contributed by atoms with E-state index in [0.717, 1.165) is 18.2 Å². The Bertz CT molecular complexity index is 388. The maximum atomic E-state index is 12.6. The van der Waals surface area contributed by atoms with Crippen molar-refractivity contribution in [2.24, 2.45) is 0 Å². The number of ether oxygens (including phenoxy) is 2. The number of aldehydes is 1. The van der Waals surface area contributed by atoms with Gasteiger partial charge in [-0.2, -0.15) is 13.2 Å². The number of methoxy groups -OCH3 is 1. The van der Waals surface area contributed by atoms with E-state index in [-0.39, 0.29) is 24.5 Å². The van der Waals surface area contributed by atoms with Gasteiger partial charge in [-0.25, -0.2) is 0 Å². The molecule has 0 unspecified atom stereocenters. The molecule has 0 aromatic heterocycles. The lowest BCUT2D eigenvalue weighted by atomic mass is 10.1. The van der Waals surface area contributed by atoms with Crippen molar-refractivity contribution in [3.05, 3.63) is 29.3 Å². The second-order valence-corrected chi connectivity index (χ2v) is 3.21. The van der Waals surface area contributed by atoms with Crippen molar-refractivity contribution in [1.82, 2.24) is 0 Å². The average Bonchev–Trinajstić information content (AvgIpc) is 2.28. The van der Waals surface area contributed by atoms with Gasteiger partial charge in [0.15, 0.2) is 0 Å². The monoisotopic (exact) mass is 248 g/mol. The average molecular weight is 248 g/mol. The fourth-order valence-corrected chi connectivity index (χ4v) is 1.20. The minimum Gasteiger partial charge on any atom is -0.491 e. The van der Waals surface area contributed by atoms with Gasteiger partial charge in [-0.3, -0.25) is 4.79 Å². The molecule has 0 atom stereocenters. The Morgan fingerprint density at radius 3 is 2.53 bits per heavy atom. The number of hydrogen-bond donors (Lipinski definition) is 0. The zero-order valence-corrected chi connectivity index (χ0v) is 9.08. The topological polar surface area (TPSA) is 35.5 Å². The number of benzene rings is 1. The first kappa shape index (κ1) is 13.5. The normalized spacial score (nSPS) is 11.3. The van der Waals surface area contributed by atoms with Gasteiger partial charge in [-0.15, -0.1) is 0 Å². The molecule has 1 aromatic rings. The van der Waals surface area contributed by atoms with Crippen LogP contribution in [0.25, 0.3) is 0 Å². The van der Waals surface area contributed by atoms with Crippen LogP contribution >= 0.6 is 0 Å². The van der Waals surface area contributed by atoms with Crippen molar-refractivity contribution in [2.75, 3.05) is 20.3 Å². The largest absolute Gasteiger partial charge is 0.491 e. The second-order valence-electron chi connectivity index (χ2n) is 3.21. The maximum absolute atomic E-state index is 12.6. The number of carbonyl (C=O) groups is 1. The molecular formula is C11H11F3O3. The van der Waals surface area contributed by atoms with Crippen LogP contribution in [0.2, 0.25) is 0 Å². The van der Waals surface area contributed by atoms with Crippen LogP contribution in [0.1, 0.15) is 15.9 Å². The summed E-state index contributed by atoms with van der Waals surface area (Å²) >= 11 is 0. The Morgan fingerprint density at radius 1 is 1.29 bits per heavy atom. The number of rotatable bonds is 5. The van der Waals surface area contributed by atoms with E-state index in [1.54, 1.807) is 0 Å². The van der Waals surface area contributed by atoms with Crippen LogP contribution < -0.4 is 4.74 Å². The van der Waals surface area contributed by atoms with Gasteiger partial charge in [0.05, 0.1) is 12.2 Å². The lowest BCUT2D eigenvalue weighted by Crippen LogP contribution is -2.11. The lowest BCUT2D eigenvalue weighted by molar-refractivity contribution is -0.139. The summed E-state index contributed by atoms with van der Waals surface area (Å²) in [5.41, 5.74) is -0.774. The van der Waals surface area contributed by atoms with Gasteiger partial charge in [-0.05, 0) is 12.1 Å². The fraction of sp³-hybridized carbons (Fsp3) is 0.364. The first-order chi connectivity index (χ1) is 7.99. The van der Waals surface area contributed by atoms with Gasteiger partial charge >= 0.3 is 6.18 Å². The number of hydrogen-bond acceptors (Lipinski definition) is 3. The van der Waals surface area contributed by atoms with E-state index >= 15 is 0 Å². The van der Waals surface area contributed by atoms with Crippen LogP contribution in [0.4, 0.5) is 13.2 Å². The summed E-state index contributed by atoms with van der Waals surface area (Å²) in [5.74, 6) is -0.362. The first-order valence-corrected chi connectivity index (χ1v) is 4.77. The van der Waals surface area contributed by atoms with Crippen LogP contribution in [-0.4, -0.2) is 26.6 Å². The molecule has 1 rings (SSSR count). The highest BCUT2D eigenvalue weighted by molar-refractivity contribution is 5.76. The molecule has 0 fully saturated rings. The summed E-state index contributed by atoms with van der Waals surface area (Å²) in [4.78, 5) is 10.5. The maximum Gasteiger partial charge on any atom is 0.419 e. The van der Waals surface area contributed by atoms with Crippen LogP contribution in [-0.2, 0) is 10.9 Å². The zero-order chi connectivity index (χ0) is 12.9. The molecule has 0 saturated heterocycles. The third kappa shape index (κ3) is 3.74. The lowest BCUT2D eigenvalue weighted by Gasteiger charge is -2.14. The Hall–Kier alpha value is -1.56. The molecule has 0 saturated carbocycles. The van der Waals surface area contributed by atoms with E-state index in [4.69, 9.17) is 4.74 Å². The van der Waals surface area contributed by atoms with Crippen molar-refractivity contribution in [3.8, 4) is 5.75 Å². The Labute approximate surface area is 96.1 Å². The number of alkyl halides is 3. The van der Waals surface area contributed by atoms with Crippen LogP contribution in [0, 0.1) is 0 Å². The van der Waals surface area contributed by atoms with Crippen molar-refractivity contribution < 1.29 is 27.4 Å². The standard InChI is InChI=1S/C11H11F3O3/c1-16-4-5-17-10-6-8(7-15)2-3-9(10)11(12,13)14/h2-3,6-7H,4-5H2,1H3. The first-order valence-electron chi connectivity index (χ1n) is 4.77. The zero-order valence-electron chi connectivity index (χ0n) is 9.08. The van der Waals surface area contributed by atoms with E-state index in [1.165, 1.54) is 7.11 Å². The van der Waals surface area contributed by atoms with Gasteiger partial charge in [-0.1, -0.05) is 6.07 Å². The third-order valence-electron chi connectivity index (χ3n) is 1.99. The van der Waals surface area contributed by atoms with Crippen molar-refractivity contribution in [2.45, 2.75) is 6.18 Å². The smallest absolute Gasteiger partial charge is 0.419 e. The van der Waals surface area contributed by atoms with Gasteiger partial charge in [0.2, 0.25) is 0 Å². The molecule has 0 amide bonds. The minimum atomic E-state index is -4.51. The van der Waals surface area contributed by atoms with E-state index in [0.29, 0.717) is 6.29 Å². The summed E-state index contributed by atoms with van der Waals surface area (Å²) in [6, 6.07) is 2.98. The molecule has 0 bridgehead atoms. The highest BCUT2D eigenvalue weighted by atomic mass is 19.4. The predicted molar refractivity (Wildman–Crippen MR) is 54.2 cm³/mol. The highest BCUT2D eigenvalue weighted by Gasteiger charge is 2.34. The second kappa shape index (κ2) is 5.67. The van der Waals surface area contributed by atoms with Crippen LogP contribution in [0.15, 0.2) is 18.2 Å². The summed E-state index contributed by atoms with van der Waals surface area (Å²) in [6.07, 6.45) is -4.05. The van der Waals surface area contributed by atoms with E-state index in [9.17, 15) is 18.0 Å². The SMILES string of the molecule is COCCOc1cc(C=O)ccc1C(F)(F)F. The fourth-order valence-electron chi connectivity index (χ4n) is 1.20. The molecule has 17 heavy (non-hydrogen) atoms. The van der Waals surface area contributed by atoms with Crippen molar-refractivity contribution in [3.63, 3.8) is 0 Å². The van der Waals surface area contributed by atoms with Gasteiger partial charge < -0.3 is 9.47 Å². The molecule has 0 aliphatic carbocycles. The molecule has 3 nitrogen and oxygen atoms in total.